The van der Waals surface area contributed by atoms with E-state index < -0.39 is 0 Å². The number of carbonyl (C=O) groups is 2. The molecule has 4 heteroatoms. The van der Waals surface area contributed by atoms with Gasteiger partial charge in [0, 0.05) is 0 Å². The molecule has 1 saturated heterocycles. The van der Waals surface area contributed by atoms with Crippen molar-refractivity contribution in [1.82, 2.24) is 10.6 Å². The second-order valence-electron chi connectivity index (χ2n) is 4.91. The first-order valence-corrected chi connectivity index (χ1v) is 5.22. The summed E-state index contributed by atoms with van der Waals surface area (Å²) in [5, 5.41) is 4.96. The van der Waals surface area contributed by atoms with Gasteiger partial charge in [0.15, 0.2) is 0 Å². The molecule has 0 bridgehead atoms. The van der Waals surface area contributed by atoms with Gasteiger partial charge in [-0.1, -0.05) is 26.0 Å². The Bertz CT molecular complexity index is 346. The van der Waals surface area contributed by atoms with E-state index in [1.54, 1.807) is 0 Å². The lowest BCUT2D eigenvalue weighted by molar-refractivity contribution is -0.121. The quantitative estimate of drug-likeness (QED) is 0.502. The van der Waals surface area contributed by atoms with E-state index in [2.05, 4.69) is 31.1 Å². The molecule has 15 heavy (non-hydrogen) atoms. The van der Waals surface area contributed by atoms with Gasteiger partial charge in [-0.2, -0.15) is 0 Å². The molecule has 2 rings (SSSR count). The number of rotatable bonds is 1. The standard InChI is InChI=1S/C11H16N2O2/c1-6-4-5-7(11(6,2)3)8-9(14)13-10(15)12-8/h7-8H,1,4-5H2,2-3H3,(H2,12,13,14,15)/t7-,8-/m0/s1. The molecule has 0 spiro atoms. The Balaban J connectivity index is 2.22. The van der Waals surface area contributed by atoms with Crippen molar-refractivity contribution in [1.29, 1.82) is 0 Å². The van der Waals surface area contributed by atoms with Crippen LogP contribution in [0.2, 0.25) is 0 Å². The summed E-state index contributed by atoms with van der Waals surface area (Å²) >= 11 is 0. The molecule has 0 aromatic carbocycles. The number of hydrogen-bond donors (Lipinski definition) is 2. The average molecular weight is 208 g/mol. The lowest BCUT2D eigenvalue weighted by Crippen LogP contribution is -2.41. The third-order valence-electron chi connectivity index (χ3n) is 3.80. The molecule has 1 saturated carbocycles. The van der Waals surface area contributed by atoms with Crippen molar-refractivity contribution in [3.8, 4) is 0 Å². The van der Waals surface area contributed by atoms with Crippen molar-refractivity contribution in [3.63, 3.8) is 0 Å². The minimum absolute atomic E-state index is 0.0698. The Hall–Kier alpha value is -1.32. The van der Waals surface area contributed by atoms with E-state index in [-0.39, 0.29) is 29.3 Å². The number of hydrogen-bond acceptors (Lipinski definition) is 2. The van der Waals surface area contributed by atoms with Crippen molar-refractivity contribution >= 4 is 11.9 Å². The first-order valence-electron chi connectivity index (χ1n) is 5.22. The van der Waals surface area contributed by atoms with Crippen molar-refractivity contribution in [2.24, 2.45) is 11.3 Å². The van der Waals surface area contributed by atoms with Crippen molar-refractivity contribution in [3.05, 3.63) is 12.2 Å². The number of nitrogens with one attached hydrogen (secondary N) is 2. The van der Waals surface area contributed by atoms with Gasteiger partial charge in [0.2, 0.25) is 0 Å². The molecular formula is C11H16N2O2. The topological polar surface area (TPSA) is 58.2 Å². The highest BCUT2D eigenvalue weighted by atomic mass is 16.2. The van der Waals surface area contributed by atoms with E-state index in [1.807, 2.05) is 0 Å². The Morgan fingerprint density at radius 3 is 2.47 bits per heavy atom. The van der Waals surface area contributed by atoms with Crippen LogP contribution in [-0.4, -0.2) is 18.0 Å². The Morgan fingerprint density at radius 2 is 2.07 bits per heavy atom. The summed E-state index contributed by atoms with van der Waals surface area (Å²) in [6, 6.07) is -0.759. The predicted molar refractivity (Wildman–Crippen MR) is 56.1 cm³/mol. The zero-order valence-electron chi connectivity index (χ0n) is 9.09. The van der Waals surface area contributed by atoms with Crippen LogP contribution in [0.3, 0.4) is 0 Å². The zero-order valence-corrected chi connectivity index (χ0v) is 9.09. The van der Waals surface area contributed by atoms with E-state index in [9.17, 15) is 9.59 Å². The zero-order chi connectivity index (χ0) is 11.2. The van der Waals surface area contributed by atoms with Gasteiger partial charge in [0.25, 0.3) is 5.91 Å². The highest BCUT2D eigenvalue weighted by Gasteiger charge is 2.47. The molecule has 4 nitrogen and oxygen atoms in total. The van der Waals surface area contributed by atoms with Crippen LogP contribution in [0.1, 0.15) is 26.7 Å². The number of imide groups is 1. The molecule has 2 N–H and O–H groups in total. The van der Waals surface area contributed by atoms with Gasteiger partial charge in [-0.3, -0.25) is 10.1 Å². The summed E-state index contributed by atoms with van der Waals surface area (Å²) < 4.78 is 0. The fourth-order valence-corrected chi connectivity index (χ4v) is 2.57. The van der Waals surface area contributed by atoms with Gasteiger partial charge in [-0.05, 0) is 24.2 Å². The maximum Gasteiger partial charge on any atom is 0.322 e. The van der Waals surface area contributed by atoms with Crippen molar-refractivity contribution < 1.29 is 9.59 Å². The van der Waals surface area contributed by atoms with E-state index in [4.69, 9.17) is 0 Å². The van der Waals surface area contributed by atoms with Gasteiger partial charge < -0.3 is 5.32 Å². The normalized spacial score (nSPS) is 34.1. The van der Waals surface area contributed by atoms with E-state index in [0.717, 1.165) is 12.8 Å². The molecule has 1 aliphatic heterocycles. The van der Waals surface area contributed by atoms with Gasteiger partial charge in [0.05, 0.1) is 0 Å². The van der Waals surface area contributed by atoms with Crippen molar-refractivity contribution in [2.45, 2.75) is 32.7 Å². The third kappa shape index (κ3) is 1.44. The summed E-state index contributed by atoms with van der Waals surface area (Å²) in [6.07, 6.45) is 1.86. The van der Waals surface area contributed by atoms with E-state index in [0.29, 0.717) is 0 Å². The van der Waals surface area contributed by atoms with Gasteiger partial charge in [-0.25, -0.2) is 4.79 Å². The van der Waals surface area contributed by atoms with Gasteiger partial charge in [-0.15, -0.1) is 0 Å². The molecule has 0 aromatic rings. The van der Waals surface area contributed by atoms with Gasteiger partial charge in [0.1, 0.15) is 6.04 Å². The first-order chi connectivity index (χ1) is 6.93. The largest absolute Gasteiger partial charge is 0.326 e. The second kappa shape index (κ2) is 3.08. The van der Waals surface area contributed by atoms with E-state index >= 15 is 0 Å². The predicted octanol–water partition coefficient (Wildman–Crippen LogP) is 1.19. The fraction of sp³-hybridized carbons (Fsp3) is 0.636. The SMILES string of the molecule is C=C1CC[C@@H]([C@@H]2NC(=O)NC2=O)C1(C)C. The molecule has 1 heterocycles. The van der Waals surface area contributed by atoms with Crippen LogP contribution in [0.5, 0.6) is 0 Å². The molecule has 0 radical (unpaired) electrons. The van der Waals surface area contributed by atoms with Crippen LogP contribution in [0.4, 0.5) is 4.79 Å². The molecule has 2 atom stereocenters. The molecule has 1 aliphatic carbocycles. The Morgan fingerprint density at radius 1 is 1.40 bits per heavy atom. The number of urea groups is 1. The molecule has 2 fully saturated rings. The Labute approximate surface area is 89.1 Å². The lowest BCUT2D eigenvalue weighted by atomic mass is 9.75. The van der Waals surface area contributed by atoms with Crippen LogP contribution in [0.25, 0.3) is 0 Å². The van der Waals surface area contributed by atoms with E-state index in [1.165, 1.54) is 5.57 Å². The number of carbonyl (C=O) groups excluding carboxylic acids is 2. The fourth-order valence-electron chi connectivity index (χ4n) is 2.57. The highest BCUT2D eigenvalue weighted by molar-refractivity contribution is 6.04. The molecular weight excluding hydrogens is 192 g/mol. The second-order valence-corrected chi connectivity index (χ2v) is 4.91. The molecule has 0 aromatic heterocycles. The maximum atomic E-state index is 11.5. The summed E-state index contributed by atoms with van der Waals surface area (Å²) in [5.41, 5.74) is 1.10. The molecule has 0 unspecified atom stereocenters. The molecule has 3 amide bonds. The monoisotopic (exact) mass is 208 g/mol. The minimum atomic E-state index is -0.383. The molecule has 82 valence electrons. The first kappa shape index (κ1) is 10.2. The van der Waals surface area contributed by atoms with Crippen LogP contribution < -0.4 is 10.6 Å². The minimum Gasteiger partial charge on any atom is -0.326 e. The number of allylic oxidation sites excluding steroid dienone is 1. The van der Waals surface area contributed by atoms with Crippen molar-refractivity contribution in [2.75, 3.05) is 0 Å². The summed E-state index contributed by atoms with van der Waals surface area (Å²) in [6.45, 7) is 8.20. The summed E-state index contributed by atoms with van der Waals surface area (Å²) in [4.78, 5) is 22.6. The van der Waals surface area contributed by atoms with Crippen LogP contribution >= 0.6 is 0 Å². The van der Waals surface area contributed by atoms with Crippen LogP contribution in [0.15, 0.2) is 12.2 Å². The summed E-state index contributed by atoms with van der Waals surface area (Å²) in [7, 11) is 0. The lowest BCUT2D eigenvalue weighted by Gasteiger charge is -2.31. The van der Waals surface area contributed by atoms with Gasteiger partial charge >= 0.3 is 6.03 Å². The highest BCUT2D eigenvalue weighted by Crippen LogP contribution is 2.47. The smallest absolute Gasteiger partial charge is 0.322 e. The average Bonchev–Trinajstić information content (AvgIpc) is 2.56. The summed E-state index contributed by atoms with van der Waals surface area (Å²) in [5.74, 6) is -0.0378. The third-order valence-corrected chi connectivity index (χ3v) is 3.80. The Kier molecular flexibility index (Phi) is 2.10. The van der Waals surface area contributed by atoms with Crippen LogP contribution in [0, 0.1) is 11.3 Å². The number of amides is 3. The van der Waals surface area contributed by atoms with Crippen LogP contribution in [-0.2, 0) is 4.79 Å². The maximum absolute atomic E-state index is 11.5. The molecule has 2 aliphatic rings.